The van der Waals surface area contributed by atoms with Gasteiger partial charge in [0, 0.05) is 19.3 Å². The van der Waals surface area contributed by atoms with Gasteiger partial charge in [-0.25, -0.2) is 0 Å². The van der Waals surface area contributed by atoms with Gasteiger partial charge in [0.2, 0.25) is 0 Å². The minimum Gasteiger partial charge on any atom is -0.460 e. The lowest BCUT2D eigenvalue weighted by Crippen LogP contribution is -2.44. The molecule has 4 nitrogen and oxygen atoms in total. The zero-order chi connectivity index (χ0) is 12.4. The summed E-state index contributed by atoms with van der Waals surface area (Å²) >= 11 is 0. The summed E-state index contributed by atoms with van der Waals surface area (Å²) in [6, 6.07) is 10.3. The van der Waals surface area contributed by atoms with Gasteiger partial charge in [-0.15, -0.1) is 0 Å². The molecule has 3 atom stereocenters. The second-order valence-electron chi connectivity index (χ2n) is 5.02. The van der Waals surface area contributed by atoms with Gasteiger partial charge in [-0.1, -0.05) is 30.3 Å². The molecule has 0 amide bonds. The summed E-state index contributed by atoms with van der Waals surface area (Å²) in [5.41, 5.74) is 1.04. The van der Waals surface area contributed by atoms with Crippen LogP contribution in [0, 0.1) is 0 Å². The molecule has 3 unspecified atom stereocenters. The van der Waals surface area contributed by atoms with Crippen molar-refractivity contribution in [2.24, 2.45) is 0 Å². The van der Waals surface area contributed by atoms with Gasteiger partial charge in [0.1, 0.15) is 12.6 Å². The van der Waals surface area contributed by atoms with Crippen LogP contribution in [-0.2, 0) is 16.1 Å². The Morgan fingerprint density at radius 1 is 1.33 bits per heavy atom. The van der Waals surface area contributed by atoms with Crippen LogP contribution in [0.25, 0.3) is 0 Å². The van der Waals surface area contributed by atoms with Crippen LogP contribution in [0.2, 0.25) is 0 Å². The topological polar surface area (TPSA) is 41.6 Å². The number of benzene rings is 1. The van der Waals surface area contributed by atoms with E-state index in [1.807, 2.05) is 30.3 Å². The zero-order valence-electron chi connectivity index (χ0n) is 10.3. The maximum absolute atomic E-state index is 12.1. The van der Waals surface area contributed by atoms with Gasteiger partial charge in [0.15, 0.2) is 0 Å². The van der Waals surface area contributed by atoms with Crippen LogP contribution in [0.1, 0.15) is 18.4 Å². The van der Waals surface area contributed by atoms with Crippen LogP contribution in [0.4, 0.5) is 0 Å². The van der Waals surface area contributed by atoms with E-state index in [2.05, 4.69) is 10.2 Å². The number of nitrogens with zero attached hydrogens (tertiary/aromatic N) is 1. The highest BCUT2D eigenvalue weighted by molar-refractivity contribution is 5.76. The van der Waals surface area contributed by atoms with Crippen LogP contribution >= 0.6 is 0 Å². The molecule has 1 aromatic rings. The fourth-order valence-electron chi connectivity index (χ4n) is 2.72. The highest BCUT2D eigenvalue weighted by atomic mass is 16.5. The minimum absolute atomic E-state index is 0.0556. The highest BCUT2D eigenvalue weighted by Crippen LogP contribution is 2.22. The van der Waals surface area contributed by atoms with E-state index in [1.165, 1.54) is 0 Å². The Bertz CT molecular complexity index is 421. The lowest BCUT2D eigenvalue weighted by molar-refractivity contribution is -0.151. The normalized spacial score (nSPS) is 30.1. The van der Waals surface area contributed by atoms with Crippen molar-refractivity contribution < 1.29 is 9.53 Å². The Morgan fingerprint density at radius 3 is 3.00 bits per heavy atom. The first kappa shape index (κ1) is 11.7. The first-order valence-corrected chi connectivity index (χ1v) is 6.51. The molecule has 3 rings (SSSR count). The van der Waals surface area contributed by atoms with Gasteiger partial charge in [-0.2, -0.15) is 0 Å². The SMILES string of the molecule is O=C(OCc1ccccc1)C1CCC2CN1CN2. The Labute approximate surface area is 107 Å². The number of hydrogen-bond donors (Lipinski definition) is 1. The van der Waals surface area contributed by atoms with Gasteiger partial charge >= 0.3 is 5.97 Å². The van der Waals surface area contributed by atoms with E-state index in [-0.39, 0.29) is 12.0 Å². The number of rotatable bonds is 3. The van der Waals surface area contributed by atoms with Crippen LogP contribution in [-0.4, -0.2) is 36.2 Å². The predicted octanol–water partition coefficient (Wildman–Crippen LogP) is 1.12. The number of hydrogen-bond acceptors (Lipinski definition) is 4. The van der Waals surface area contributed by atoms with E-state index in [1.54, 1.807) is 0 Å². The molecular weight excluding hydrogens is 228 g/mol. The maximum atomic E-state index is 12.1. The molecular formula is C14H18N2O2. The van der Waals surface area contributed by atoms with E-state index in [0.29, 0.717) is 12.6 Å². The third kappa shape index (κ3) is 2.40. The first-order chi connectivity index (χ1) is 8.83. The van der Waals surface area contributed by atoms with Gasteiger partial charge in [-0.05, 0) is 18.4 Å². The standard InChI is InChI=1S/C14H18N2O2/c17-14(18-9-11-4-2-1-3-5-11)13-7-6-12-8-16(13)10-15-12/h1-5,12-13,15H,6-10H2. The molecule has 2 fully saturated rings. The number of esters is 1. The van der Waals surface area contributed by atoms with E-state index in [9.17, 15) is 4.79 Å². The van der Waals surface area contributed by atoms with Gasteiger partial charge in [0.05, 0.1) is 0 Å². The molecule has 2 heterocycles. The van der Waals surface area contributed by atoms with E-state index >= 15 is 0 Å². The minimum atomic E-state index is -0.0824. The molecule has 1 aromatic carbocycles. The molecule has 0 aliphatic carbocycles. The van der Waals surface area contributed by atoms with Crippen molar-refractivity contribution >= 4 is 5.97 Å². The van der Waals surface area contributed by atoms with Crippen molar-refractivity contribution in [2.45, 2.75) is 31.5 Å². The Balaban J connectivity index is 1.55. The lowest BCUT2D eigenvalue weighted by atomic mass is 10.0. The fraction of sp³-hybridized carbons (Fsp3) is 0.500. The smallest absolute Gasteiger partial charge is 0.323 e. The van der Waals surface area contributed by atoms with Gasteiger partial charge < -0.3 is 10.1 Å². The van der Waals surface area contributed by atoms with E-state index in [4.69, 9.17) is 4.74 Å². The molecule has 18 heavy (non-hydrogen) atoms. The molecule has 0 aromatic heterocycles. The summed E-state index contributed by atoms with van der Waals surface area (Å²) in [6.45, 7) is 2.17. The molecule has 4 heteroatoms. The third-order valence-corrected chi connectivity index (χ3v) is 3.76. The summed E-state index contributed by atoms with van der Waals surface area (Å²) < 4.78 is 5.41. The van der Waals surface area contributed by atoms with Crippen molar-refractivity contribution in [1.82, 2.24) is 10.2 Å². The quantitative estimate of drug-likeness (QED) is 0.812. The Kier molecular flexibility index (Phi) is 3.30. The van der Waals surface area contributed by atoms with E-state index in [0.717, 1.165) is 31.6 Å². The molecule has 0 radical (unpaired) electrons. The van der Waals surface area contributed by atoms with Gasteiger partial charge in [0.25, 0.3) is 0 Å². The second-order valence-corrected chi connectivity index (χ2v) is 5.02. The average molecular weight is 246 g/mol. The molecule has 0 spiro atoms. The van der Waals surface area contributed by atoms with Crippen molar-refractivity contribution in [1.29, 1.82) is 0 Å². The molecule has 2 aliphatic rings. The van der Waals surface area contributed by atoms with Crippen LogP contribution in [0.15, 0.2) is 30.3 Å². The Hall–Kier alpha value is -1.39. The number of nitrogens with one attached hydrogen (secondary N) is 1. The predicted molar refractivity (Wildman–Crippen MR) is 67.8 cm³/mol. The molecule has 2 saturated heterocycles. The van der Waals surface area contributed by atoms with E-state index < -0.39 is 0 Å². The maximum Gasteiger partial charge on any atom is 0.323 e. The fourth-order valence-corrected chi connectivity index (χ4v) is 2.72. The second kappa shape index (κ2) is 5.08. The largest absolute Gasteiger partial charge is 0.460 e. The Morgan fingerprint density at radius 2 is 2.17 bits per heavy atom. The first-order valence-electron chi connectivity index (χ1n) is 6.51. The summed E-state index contributed by atoms with van der Waals surface area (Å²) in [5, 5.41) is 3.40. The molecule has 2 bridgehead atoms. The number of ether oxygens (including phenoxy) is 1. The van der Waals surface area contributed by atoms with Crippen molar-refractivity contribution in [2.75, 3.05) is 13.2 Å². The summed E-state index contributed by atoms with van der Waals surface area (Å²) in [6.07, 6.45) is 1.98. The number of piperidine rings is 1. The molecule has 0 saturated carbocycles. The number of carbonyl (C=O) groups is 1. The highest BCUT2D eigenvalue weighted by Gasteiger charge is 2.37. The van der Waals surface area contributed by atoms with Crippen molar-refractivity contribution in [3.8, 4) is 0 Å². The van der Waals surface area contributed by atoms with Crippen LogP contribution < -0.4 is 5.32 Å². The zero-order valence-corrected chi connectivity index (χ0v) is 10.3. The third-order valence-electron chi connectivity index (χ3n) is 3.76. The lowest BCUT2D eigenvalue weighted by Gasteiger charge is -2.29. The summed E-state index contributed by atoms with van der Waals surface area (Å²) in [4.78, 5) is 14.2. The average Bonchev–Trinajstić information content (AvgIpc) is 2.79. The monoisotopic (exact) mass is 246 g/mol. The molecule has 96 valence electrons. The van der Waals surface area contributed by atoms with Crippen molar-refractivity contribution in [3.05, 3.63) is 35.9 Å². The molecule has 2 aliphatic heterocycles. The van der Waals surface area contributed by atoms with Crippen LogP contribution in [0.3, 0.4) is 0 Å². The van der Waals surface area contributed by atoms with Crippen molar-refractivity contribution in [3.63, 3.8) is 0 Å². The van der Waals surface area contributed by atoms with Crippen LogP contribution in [0.5, 0.6) is 0 Å². The number of fused-ring (bicyclic) bond motifs is 2. The summed E-state index contributed by atoms with van der Waals surface area (Å²) in [7, 11) is 0. The summed E-state index contributed by atoms with van der Waals surface area (Å²) in [5.74, 6) is -0.0824. The number of carbonyl (C=O) groups excluding carboxylic acids is 1. The van der Waals surface area contributed by atoms with Gasteiger partial charge in [-0.3, -0.25) is 9.69 Å². The molecule has 1 N–H and O–H groups in total.